The smallest absolute Gasteiger partial charge is 0.336 e. The van der Waals surface area contributed by atoms with Crippen LogP contribution in [0.1, 0.15) is 44.6 Å². The molecule has 1 aliphatic carbocycles. The first kappa shape index (κ1) is 20.0. The van der Waals surface area contributed by atoms with Crippen LogP contribution in [-0.4, -0.2) is 37.2 Å². The lowest BCUT2D eigenvalue weighted by Gasteiger charge is -2.39. The molecule has 1 aromatic heterocycles. The number of ether oxygens (including phenoxy) is 2. The van der Waals surface area contributed by atoms with Crippen molar-refractivity contribution in [3.63, 3.8) is 0 Å². The van der Waals surface area contributed by atoms with E-state index in [1.165, 1.54) is 7.11 Å². The molecule has 0 aromatic carbocycles. The predicted molar refractivity (Wildman–Crippen MR) is 101 cm³/mol. The number of esters is 2. The number of ketones is 1. The molecular formula is C21H25NO6. The van der Waals surface area contributed by atoms with Crippen molar-refractivity contribution in [2.24, 2.45) is 22.7 Å². The summed E-state index contributed by atoms with van der Waals surface area (Å²) in [7, 11) is 1.27. The van der Waals surface area contributed by atoms with Crippen molar-refractivity contribution in [1.29, 1.82) is 0 Å². The summed E-state index contributed by atoms with van der Waals surface area (Å²) >= 11 is 0. The summed E-state index contributed by atoms with van der Waals surface area (Å²) in [5, 5.41) is 0. The summed E-state index contributed by atoms with van der Waals surface area (Å²) in [4.78, 5) is 43.0. The first-order valence-corrected chi connectivity index (χ1v) is 9.43. The molecule has 7 nitrogen and oxygen atoms in total. The number of carbonyl (C=O) groups excluding carboxylic acids is 3. The summed E-state index contributed by atoms with van der Waals surface area (Å²) in [5.74, 6) is -2.78. The topological polar surface area (TPSA) is 95.2 Å². The summed E-state index contributed by atoms with van der Waals surface area (Å²) in [6, 6.07) is 3.54. The zero-order valence-corrected chi connectivity index (χ0v) is 16.8. The number of furan rings is 1. The van der Waals surface area contributed by atoms with Crippen LogP contribution in [0.4, 0.5) is 0 Å². The van der Waals surface area contributed by atoms with E-state index in [4.69, 9.17) is 13.9 Å². The fourth-order valence-corrected chi connectivity index (χ4v) is 4.24. The first-order valence-electron chi connectivity index (χ1n) is 9.43. The largest absolute Gasteiger partial charge is 0.468 e. The Hall–Kier alpha value is -2.70. The average molecular weight is 387 g/mol. The van der Waals surface area contributed by atoms with Gasteiger partial charge in [-0.2, -0.15) is 0 Å². The minimum atomic E-state index is -0.894. The van der Waals surface area contributed by atoms with Gasteiger partial charge in [0.25, 0.3) is 0 Å². The van der Waals surface area contributed by atoms with Gasteiger partial charge in [-0.25, -0.2) is 4.79 Å². The number of Topliss-reactive ketones (excluding diaryl/α,β-unsaturated/α-hetero) is 1. The van der Waals surface area contributed by atoms with Crippen molar-refractivity contribution in [3.8, 4) is 0 Å². The molecule has 0 bridgehead atoms. The van der Waals surface area contributed by atoms with Gasteiger partial charge in [0.1, 0.15) is 17.4 Å². The van der Waals surface area contributed by atoms with Gasteiger partial charge in [-0.1, -0.05) is 6.92 Å². The molecule has 0 N–H and O–H groups in total. The Balaban J connectivity index is 2.15. The maximum atomic E-state index is 13.4. The molecule has 4 atom stereocenters. The highest BCUT2D eigenvalue weighted by Gasteiger charge is 2.52. The first-order chi connectivity index (χ1) is 13.3. The molecule has 0 saturated heterocycles. The van der Waals surface area contributed by atoms with Crippen LogP contribution in [0.3, 0.4) is 0 Å². The van der Waals surface area contributed by atoms with Crippen molar-refractivity contribution < 1.29 is 28.3 Å². The zero-order valence-electron chi connectivity index (χ0n) is 16.8. The number of methoxy groups -OCH3 is 1. The van der Waals surface area contributed by atoms with Crippen LogP contribution >= 0.6 is 0 Å². The summed E-state index contributed by atoms with van der Waals surface area (Å²) in [6.07, 6.45) is 0.472. The number of aliphatic imine (C=N–C) groups is 1. The molecule has 0 radical (unpaired) electrons. The second-order valence-electron chi connectivity index (χ2n) is 7.31. The van der Waals surface area contributed by atoms with Gasteiger partial charge in [0, 0.05) is 11.4 Å². The lowest BCUT2D eigenvalue weighted by molar-refractivity contribution is -0.152. The van der Waals surface area contributed by atoms with E-state index < -0.39 is 29.7 Å². The lowest BCUT2D eigenvalue weighted by atomic mass is 9.65. The molecular weight excluding hydrogens is 362 g/mol. The van der Waals surface area contributed by atoms with Crippen molar-refractivity contribution in [3.05, 3.63) is 34.9 Å². The van der Waals surface area contributed by atoms with E-state index >= 15 is 0 Å². The molecule has 1 fully saturated rings. The molecule has 3 rings (SSSR count). The van der Waals surface area contributed by atoms with Crippen LogP contribution in [0.15, 0.2) is 32.8 Å². The number of hydrogen-bond donors (Lipinski definition) is 0. The van der Waals surface area contributed by atoms with Crippen LogP contribution in [-0.2, 0) is 23.9 Å². The number of carbonyl (C=O) groups is 3. The molecule has 7 heteroatoms. The van der Waals surface area contributed by atoms with Gasteiger partial charge < -0.3 is 13.9 Å². The molecule has 2 aliphatic rings. The van der Waals surface area contributed by atoms with Gasteiger partial charge >= 0.3 is 11.9 Å². The van der Waals surface area contributed by atoms with Crippen molar-refractivity contribution >= 4 is 23.4 Å². The fraction of sp³-hybridized carbons (Fsp3) is 0.524. The molecule has 0 spiro atoms. The molecule has 2 heterocycles. The van der Waals surface area contributed by atoms with E-state index in [0.717, 1.165) is 0 Å². The number of allylic oxidation sites excluding steroid dienone is 1. The monoisotopic (exact) mass is 387 g/mol. The molecule has 1 aromatic rings. The van der Waals surface area contributed by atoms with Crippen LogP contribution in [0.5, 0.6) is 0 Å². The maximum absolute atomic E-state index is 13.4. The molecule has 150 valence electrons. The second-order valence-corrected chi connectivity index (χ2v) is 7.31. The van der Waals surface area contributed by atoms with Crippen LogP contribution < -0.4 is 0 Å². The summed E-state index contributed by atoms with van der Waals surface area (Å²) in [6.45, 7) is 7.29. The molecule has 0 amide bonds. The number of nitrogens with zero attached hydrogens (tertiary/aromatic N) is 1. The highest BCUT2D eigenvalue weighted by molar-refractivity contribution is 6.17. The third kappa shape index (κ3) is 3.30. The molecule has 0 unspecified atom stereocenters. The number of aryl methyl sites for hydroxylation is 1. The lowest BCUT2D eigenvalue weighted by Crippen LogP contribution is -2.48. The second kappa shape index (κ2) is 7.73. The van der Waals surface area contributed by atoms with Gasteiger partial charge in [-0.05, 0) is 45.2 Å². The fourth-order valence-electron chi connectivity index (χ4n) is 4.24. The summed E-state index contributed by atoms with van der Waals surface area (Å²) < 4.78 is 15.9. The zero-order chi connectivity index (χ0) is 20.6. The Morgan fingerprint density at radius 1 is 1.25 bits per heavy atom. The SMILES string of the molecule is CCOC(=O)C1=C(C)N=C2C[C@@H](C)[C@H](C(=O)OC)C(=O)[C@@H]2[C@H]1c1ccc(C)o1. The van der Waals surface area contributed by atoms with E-state index in [-0.39, 0.29) is 18.3 Å². The van der Waals surface area contributed by atoms with E-state index in [0.29, 0.717) is 34.9 Å². The minimum absolute atomic E-state index is 0.205. The highest BCUT2D eigenvalue weighted by atomic mass is 16.5. The Bertz CT molecular complexity index is 877. The van der Waals surface area contributed by atoms with Crippen molar-refractivity contribution in [2.45, 2.75) is 40.0 Å². The van der Waals surface area contributed by atoms with Crippen molar-refractivity contribution in [2.75, 3.05) is 13.7 Å². The molecule has 1 aliphatic heterocycles. The van der Waals surface area contributed by atoms with Crippen LogP contribution in [0, 0.1) is 24.7 Å². The predicted octanol–water partition coefficient (Wildman–Crippen LogP) is 2.98. The third-order valence-corrected chi connectivity index (χ3v) is 5.44. The quantitative estimate of drug-likeness (QED) is 0.582. The van der Waals surface area contributed by atoms with Crippen molar-refractivity contribution in [1.82, 2.24) is 0 Å². The van der Waals surface area contributed by atoms with Crippen LogP contribution in [0.2, 0.25) is 0 Å². The van der Waals surface area contributed by atoms with Gasteiger partial charge in [-0.15, -0.1) is 0 Å². The van der Waals surface area contributed by atoms with Gasteiger partial charge in [-0.3, -0.25) is 14.6 Å². The molecule has 1 saturated carbocycles. The van der Waals surface area contributed by atoms with E-state index in [1.54, 1.807) is 32.9 Å². The van der Waals surface area contributed by atoms with Gasteiger partial charge in [0.05, 0.1) is 31.1 Å². The van der Waals surface area contributed by atoms with E-state index in [2.05, 4.69) is 4.99 Å². The van der Waals surface area contributed by atoms with Gasteiger partial charge in [0.15, 0.2) is 5.78 Å². The highest BCUT2D eigenvalue weighted by Crippen LogP contribution is 2.46. The minimum Gasteiger partial charge on any atom is -0.468 e. The number of rotatable bonds is 4. The normalized spacial score (nSPS) is 27.2. The Morgan fingerprint density at radius 3 is 2.54 bits per heavy atom. The Labute approximate surface area is 163 Å². The Morgan fingerprint density at radius 2 is 1.96 bits per heavy atom. The Kier molecular flexibility index (Phi) is 5.54. The maximum Gasteiger partial charge on any atom is 0.336 e. The van der Waals surface area contributed by atoms with E-state index in [1.807, 2.05) is 6.92 Å². The number of fused-ring (bicyclic) bond motifs is 1. The van der Waals surface area contributed by atoms with Gasteiger partial charge in [0.2, 0.25) is 0 Å². The number of hydrogen-bond acceptors (Lipinski definition) is 7. The third-order valence-electron chi connectivity index (χ3n) is 5.44. The molecule has 28 heavy (non-hydrogen) atoms. The summed E-state index contributed by atoms with van der Waals surface area (Å²) in [5.41, 5.74) is 1.49. The van der Waals surface area contributed by atoms with Crippen LogP contribution in [0.25, 0.3) is 0 Å². The standard InChI is InChI=1S/C21H25NO6/c1-6-27-21(25)16-12(4)22-13-9-10(2)15(20(24)26-5)19(23)17(13)18(16)14-8-7-11(3)28-14/h7-8,10,15,17-18H,6,9H2,1-5H3/t10-,15+,17+,18+/m1/s1. The average Bonchev–Trinajstić information content (AvgIpc) is 3.06. The van der Waals surface area contributed by atoms with E-state index in [9.17, 15) is 14.4 Å².